The van der Waals surface area contributed by atoms with E-state index in [0.29, 0.717) is 42.9 Å². The number of anilines is 2. The number of carbonyl (C=O) groups excluding carboxylic acids is 1. The van der Waals surface area contributed by atoms with Gasteiger partial charge in [-0.15, -0.1) is 0 Å². The molecule has 1 fully saturated rings. The van der Waals surface area contributed by atoms with Crippen LogP contribution in [0.3, 0.4) is 0 Å². The molecular formula is C23H26FN5O3. The number of aromatic nitrogens is 4. The number of carbonyl (C=O) groups is 1. The predicted octanol–water partition coefficient (Wildman–Crippen LogP) is 3.90. The number of rotatable bonds is 9. The zero-order valence-electron chi connectivity index (χ0n) is 18.2. The number of hydrogen-bond donors (Lipinski definition) is 1. The summed E-state index contributed by atoms with van der Waals surface area (Å²) in [6.45, 7) is 3.21. The third-order valence-corrected chi connectivity index (χ3v) is 5.50. The highest BCUT2D eigenvalue weighted by molar-refractivity contribution is 5.96. The average molecular weight is 439 g/mol. The molecule has 0 aliphatic carbocycles. The first-order valence-corrected chi connectivity index (χ1v) is 10.7. The van der Waals surface area contributed by atoms with E-state index in [9.17, 15) is 9.18 Å². The van der Waals surface area contributed by atoms with Crippen molar-refractivity contribution in [2.75, 3.05) is 25.6 Å². The number of hydrogen-bond acceptors (Lipinski definition) is 7. The molecule has 0 radical (unpaired) electrons. The molecule has 1 atom stereocenters. The van der Waals surface area contributed by atoms with Crippen LogP contribution in [0.25, 0.3) is 0 Å². The molecule has 8 nitrogen and oxygen atoms in total. The second-order valence-corrected chi connectivity index (χ2v) is 7.69. The highest BCUT2D eigenvalue weighted by Gasteiger charge is 2.18. The van der Waals surface area contributed by atoms with Crippen LogP contribution in [0.2, 0.25) is 0 Å². The smallest absolute Gasteiger partial charge is 0.227 e. The topological polar surface area (TPSA) is 91.2 Å². The Bertz CT molecular complexity index is 1080. The first kappa shape index (κ1) is 21.9. The standard InChI is InChI=1S/C23H26FN5O3/c1-3-20(30)17-8-16(22(24)21(9-17)31-2)5-4-15-10-25-23(26-11-15)28-18-12-27-29(13-18)19-6-7-32-14-19/h8-13,19H,3-7,14H2,1-2H3,(H,25,26,28). The Labute approximate surface area is 185 Å². The quantitative estimate of drug-likeness (QED) is 0.506. The molecule has 32 heavy (non-hydrogen) atoms. The summed E-state index contributed by atoms with van der Waals surface area (Å²) in [5, 5.41) is 7.51. The van der Waals surface area contributed by atoms with Gasteiger partial charge in [0.05, 0.1) is 31.6 Å². The lowest BCUT2D eigenvalue weighted by molar-refractivity contribution is 0.0987. The summed E-state index contributed by atoms with van der Waals surface area (Å²) in [4.78, 5) is 20.8. The molecule has 0 saturated carbocycles. The van der Waals surface area contributed by atoms with E-state index in [1.165, 1.54) is 13.2 Å². The summed E-state index contributed by atoms with van der Waals surface area (Å²) in [7, 11) is 1.40. The zero-order valence-corrected chi connectivity index (χ0v) is 18.2. The lowest BCUT2D eigenvalue weighted by Crippen LogP contribution is -2.08. The van der Waals surface area contributed by atoms with Crippen molar-refractivity contribution in [1.82, 2.24) is 19.7 Å². The number of aryl methyl sites for hydroxylation is 2. The Morgan fingerprint density at radius 2 is 2.09 bits per heavy atom. The molecule has 0 amide bonds. The van der Waals surface area contributed by atoms with E-state index in [-0.39, 0.29) is 17.6 Å². The molecule has 4 rings (SSSR count). The van der Waals surface area contributed by atoms with Gasteiger partial charge in [0.2, 0.25) is 5.95 Å². The van der Waals surface area contributed by atoms with Gasteiger partial charge in [0.15, 0.2) is 17.3 Å². The second kappa shape index (κ2) is 9.86. The Morgan fingerprint density at radius 3 is 2.78 bits per heavy atom. The molecule has 3 aromatic rings. The minimum Gasteiger partial charge on any atom is -0.494 e. The first-order chi connectivity index (χ1) is 15.6. The fourth-order valence-corrected chi connectivity index (χ4v) is 3.64. The molecule has 168 valence electrons. The molecule has 1 aliphatic rings. The number of halogens is 1. The van der Waals surface area contributed by atoms with Gasteiger partial charge in [-0.2, -0.15) is 5.10 Å². The molecule has 1 saturated heterocycles. The number of ketones is 1. The van der Waals surface area contributed by atoms with Gasteiger partial charge >= 0.3 is 0 Å². The second-order valence-electron chi connectivity index (χ2n) is 7.69. The van der Waals surface area contributed by atoms with Crippen LogP contribution in [0.4, 0.5) is 16.0 Å². The molecule has 2 aromatic heterocycles. The lowest BCUT2D eigenvalue weighted by atomic mass is 10.00. The number of ether oxygens (including phenoxy) is 2. The maximum absolute atomic E-state index is 14.7. The van der Waals surface area contributed by atoms with Crippen molar-refractivity contribution in [3.8, 4) is 5.75 Å². The Kier molecular flexibility index (Phi) is 6.75. The minimum atomic E-state index is -0.441. The summed E-state index contributed by atoms with van der Waals surface area (Å²) >= 11 is 0. The van der Waals surface area contributed by atoms with Crippen LogP contribution in [0.15, 0.2) is 36.9 Å². The molecule has 3 heterocycles. The summed E-state index contributed by atoms with van der Waals surface area (Å²) in [6.07, 6.45) is 9.30. The van der Waals surface area contributed by atoms with Gasteiger partial charge in [-0.25, -0.2) is 14.4 Å². The van der Waals surface area contributed by atoms with Crippen molar-refractivity contribution in [2.45, 2.75) is 38.6 Å². The Morgan fingerprint density at radius 1 is 1.28 bits per heavy atom. The van der Waals surface area contributed by atoms with E-state index in [4.69, 9.17) is 9.47 Å². The normalized spacial score (nSPS) is 15.7. The van der Waals surface area contributed by atoms with Crippen molar-refractivity contribution in [3.05, 3.63) is 59.4 Å². The van der Waals surface area contributed by atoms with Crippen molar-refractivity contribution < 1.29 is 18.7 Å². The largest absolute Gasteiger partial charge is 0.494 e. The molecule has 9 heteroatoms. The van der Waals surface area contributed by atoms with E-state index >= 15 is 0 Å². The van der Waals surface area contributed by atoms with Crippen LogP contribution >= 0.6 is 0 Å². The van der Waals surface area contributed by atoms with Crippen LogP contribution < -0.4 is 10.1 Å². The zero-order chi connectivity index (χ0) is 22.5. The Hall–Kier alpha value is -3.33. The predicted molar refractivity (Wildman–Crippen MR) is 117 cm³/mol. The number of nitrogens with zero attached hydrogens (tertiary/aromatic N) is 4. The molecule has 0 bridgehead atoms. The maximum atomic E-state index is 14.7. The number of benzene rings is 1. The van der Waals surface area contributed by atoms with E-state index < -0.39 is 5.82 Å². The molecular weight excluding hydrogens is 413 g/mol. The van der Waals surface area contributed by atoms with E-state index in [1.54, 1.807) is 31.6 Å². The van der Waals surface area contributed by atoms with E-state index in [1.807, 2.05) is 10.9 Å². The summed E-state index contributed by atoms with van der Waals surface area (Å²) in [6, 6.07) is 3.32. The lowest BCUT2D eigenvalue weighted by Gasteiger charge is -2.11. The fraction of sp³-hybridized carbons (Fsp3) is 0.391. The molecule has 1 N–H and O–H groups in total. The third-order valence-electron chi connectivity index (χ3n) is 5.50. The number of Topliss-reactive ketones (excluding diaryl/α,β-unsaturated/α-hetero) is 1. The van der Waals surface area contributed by atoms with Crippen LogP contribution in [0, 0.1) is 5.82 Å². The van der Waals surface area contributed by atoms with Gasteiger partial charge < -0.3 is 14.8 Å². The van der Waals surface area contributed by atoms with Crippen molar-refractivity contribution >= 4 is 17.4 Å². The van der Waals surface area contributed by atoms with Crippen LogP contribution in [-0.4, -0.2) is 45.9 Å². The highest BCUT2D eigenvalue weighted by atomic mass is 19.1. The average Bonchev–Trinajstić information content (AvgIpc) is 3.51. The van der Waals surface area contributed by atoms with Crippen molar-refractivity contribution in [3.63, 3.8) is 0 Å². The van der Waals surface area contributed by atoms with Crippen LogP contribution in [-0.2, 0) is 17.6 Å². The molecule has 1 unspecified atom stereocenters. The summed E-state index contributed by atoms with van der Waals surface area (Å²) < 4.78 is 27.0. The fourth-order valence-electron chi connectivity index (χ4n) is 3.64. The van der Waals surface area contributed by atoms with Crippen LogP contribution in [0.5, 0.6) is 5.75 Å². The van der Waals surface area contributed by atoms with Gasteiger partial charge in [0, 0.05) is 37.2 Å². The minimum absolute atomic E-state index is 0.0490. The number of methoxy groups -OCH3 is 1. The number of nitrogens with one attached hydrogen (secondary N) is 1. The summed E-state index contributed by atoms with van der Waals surface area (Å²) in [5.41, 5.74) is 2.56. The molecule has 1 aromatic carbocycles. The van der Waals surface area contributed by atoms with Gasteiger partial charge in [0.25, 0.3) is 0 Å². The van der Waals surface area contributed by atoms with Gasteiger partial charge in [0.1, 0.15) is 0 Å². The van der Waals surface area contributed by atoms with Gasteiger partial charge in [-0.3, -0.25) is 9.48 Å². The monoisotopic (exact) mass is 439 g/mol. The van der Waals surface area contributed by atoms with E-state index in [0.717, 1.165) is 24.3 Å². The van der Waals surface area contributed by atoms with Crippen molar-refractivity contribution in [2.24, 2.45) is 0 Å². The van der Waals surface area contributed by atoms with Crippen LogP contribution in [0.1, 0.15) is 47.3 Å². The maximum Gasteiger partial charge on any atom is 0.227 e. The Balaban J connectivity index is 1.39. The third kappa shape index (κ3) is 4.94. The van der Waals surface area contributed by atoms with Gasteiger partial charge in [-0.05, 0) is 42.5 Å². The molecule has 1 aliphatic heterocycles. The van der Waals surface area contributed by atoms with Crippen molar-refractivity contribution in [1.29, 1.82) is 0 Å². The highest BCUT2D eigenvalue weighted by Crippen LogP contribution is 2.25. The SMILES string of the molecule is CCC(=O)c1cc(CCc2cnc(Nc3cnn(C4CCOC4)c3)nc2)c(F)c(OC)c1. The van der Waals surface area contributed by atoms with Gasteiger partial charge in [-0.1, -0.05) is 6.92 Å². The van der Waals surface area contributed by atoms with E-state index in [2.05, 4.69) is 20.4 Å². The first-order valence-electron chi connectivity index (χ1n) is 10.7. The summed E-state index contributed by atoms with van der Waals surface area (Å²) in [5.74, 6) is 0.0512. The molecule has 0 spiro atoms.